The molecule has 0 saturated heterocycles. The molecule has 1 saturated carbocycles. The van der Waals surface area contributed by atoms with Crippen LogP contribution in [0, 0.1) is 5.92 Å². The van der Waals surface area contributed by atoms with E-state index in [1.165, 1.54) is 19.4 Å². The SMILES string of the molecule is CCC(N)(CO)CCCN(C)CC1CC1. The van der Waals surface area contributed by atoms with Crippen LogP contribution in [0.2, 0.25) is 0 Å². The topological polar surface area (TPSA) is 49.5 Å². The number of aliphatic hydroxyl groups excluding tert-OH is 1. The van der Waals surface area contributed by atoms with Gasteiger partial charge in [0.2, 0.25) is 0 Å². The van der Waals surface area contributed by atoms with Crippen molar-refractivity contribution < 1.29 is 5.11 Å². The first-order chi connectivity index (χ1) is 7.09. The molecule has 0 bridgehead atoms. The summed E-state index contributed by atoms with van der Waals surface area (Å²) in [4.78, 5) is 2.39. The molecule has 15 heavy (non-hydrogen) atoms. The van der Waals surface area contributed by atoms with Gasteiger partial charge in [0.05, 0.1) is 6.61 Å². The van der Waals surface area contributed by atoms with Crippen molar-refractivity contribution >= 4 is 0 Å². The van der Waals surface area contributed by atoms with Crippen LogP contribution in [-0.4, -0.2) is 42.3 Å². The van der Waals surface area contributed by atoms with E-state index >= 15 is 0 Å². The van der Waals surface area contributed by atoms with Crippen molar-refractivity contribution in [3.05, 3.63) is 0 Å². The maximum atomic E-state index is 9.17. The minimum absolute atomic E-state index is 0.107. The molecular formula is C12H26N2O. The van der Waals surface area contributed by atoms with Gasteiger partial charge < -0.3 is 15.7 Å². The van der Waals surface area contributed by atoms with E-state index < -0.39 is 0 Å². The normalized spacial score (nSPS) is 20.6. The molecule has 0 radical (unpaired) electrons. The van der Waals surface area contributed by atoms with Crippen molar-refractivity contribution in [3.8, 4) is 0 Å². The predicted molar refractivity (Wildman–Crippen MR) is 63.8 cm³/mol. The number of nitrogens with zero attached hydrogens (tertiary/aromatic N) is 1. The van der Waals surface area contributed by atoms with Gasteiger partial charge in [-0.15, -0.1) is 0 Å². The highest BCUT2D eigenvalue weighted by atomic mass is 16.3. The second-order valence-corrected chi connectivity index (χ2v) is 5.18. The van der Waals surface area contributed by atoms with Crippen LogP contribution in [0.3, 0.4) is 0 Å². The maximum Gasteiger partial charge on any atom is 0.0611 e. The molecule has 0 aliphatic heterocycles. The summed E-state index contributed by atoms with van der Waals surface area (Å²) in [7, 11) is 2.18. The number of hydrogen-bond donors (Lipinski definition) is 2. The molecule has 1 aliphatic carbocycles. The van der Waals surface area contributed by atoms with Crippen molar-refractivity contribution in [1.82, 2.24) is 4.90 Å². The standard InChI is InChI=1S/C12H26N2O/c1-3-12(13,10-15)7-4-8-14(2)9-11-5-6-11/h11,15H,3-10,13H2,1-2H3. The minimum Gasteiger partial charge on any atom is -0.394 e. The highest BCUT2D eigenvalue weighted by molar-refractivity contribution is 4.82. The van der Waals surface area contributed by atoms with E-state index in [1.807, 2.05) is 6.92 Å². The van der Waals surface area contributed by atoms with Crippen molar-refractivity contribution in [3.63, 3.8) is 0 Å². The summed E-state index contributed by atoms with van der Waals surface area (Å²) in [6.45, 7) is 4.50. The zero-order chi connectivity index (χ0) is 11.3. The predicted octanol–water partition coefficient (Wildman–Crippen LogP) is 1.21. The molecule has 90 valence electrons. The first-order valence-corrected chi connectivity index (χ1v) is 6.18. The Bertz CT molecular complexity index is 176. The molecule has 1 atom stereocenters. The average molecular weight is 214 g/mol. The lowest BCUT2D eigenvalue weighted by Crippen LogP contribution is -2.43. The highest BCUT2D eigenvalue weighted by Crippen LogP contribution is 2.29. The quantitative estimate of drug-likeness (QED) is 0.638. The molecule has 0 amide bonds. The van der Waals surface area contributed by atoms with Gasteiger partial charge in [-0.25, -0.2) is 0 Å². The molecular weight excluding hydrogens is 188 g/mol. The second kappa shape index (κ2) is 5.83. The van der Waals surface area contributed by atoms with E-state index in [0.717, 1.165) is 31.7 Å². The van der Waals surface area contributed by atoms with Crippen molar-refractivity contribution in [2.75, 3.05) is 26.7 Å². The summed E-state index contributed by atoms with van der Waals surface area (Å²) in [6.07, 6.45) is 5.70. The fourth-order valence-corrected chi connectivity index (χ4v) is 1.90. The van der Waals surface area contributed by atoms with Crippen LogP contribution in [0.5, 0.6) is 0 Å². The van der Waals surface area contributed by atoms with E-state index in [0.29, 0.717) is 0 Å². The Morgan fingerprint density at radius 2 is 2.13 bits per heavy atom. The van der Waals surface area contributed by atoms with Crippen LogP contribution in [-0.2, 0) is 0 Å². The van der Waals surface area contributed by atoms with Crippen LogP contribution in [0.1, 0.15) is 39.0 Å². The molecule has 1 aliphatic rings. The van der Waals surface area contributed by atoms with Gasteiger partial charge >= 0.3 is 0 Å². The Morgan fingerprint density at radius 1 is 1.47 bits per heavy atom. The molecule has 3 N–H and O–H groups in total. The van der Waals surface area contributed by atoms with Crippen LogP contribution >= 0.6 is 0 Å². The summed E-state index contributed by atoms with van der Waals surface area (Å²) in [6, 6.07) is 0. The summed E-state index contributed by atoms with van der Waals surface area (Å²) in [5.74, 6) is 0.960. The first-order valence-electron chi connectivity index (χ1n) is 6.18. The Labute approximate surface area is 93.6 Å². The molecule has 1 rings (SSSR count). The third-order valence-electron chi connectivity index (χ3n) is 3.50. The molecule has 0 heterocycles. The Kier molecular flexibility index (Phi) is 5.03. The van der Waals surface area contributed by atoms with E-state index in [2.05, 4.69) is 11.9 Å². The molecule has 0 aromatic carbocycles. The third-order valence-corrected chi connectivity index (χ3v) is 3.50. The van der Waals surface area contributed by atoms with Crippen molar-refractivity contribution in [2.45, 2.75) is 44.6 Å². The van der Waals surface area contributed by atoms with Crippen LogP contribution in [0.25, 0.3) is 0 Å². The molecule has 0 aromatic rings. The van der Waals surface area contributed by atoms with Crippen LogP contribution in [0.15, 0.2) is 0 Å². The fourth-order valence-electron chi connectivity index (χ4n) is 1.90. The Hall–Kier alpha value is -0.120. The summed E-state index contributed by atoms with van der Waals surface area (Å²) < 4.78 is 0. The van der Waals surface area contributed by atoms with E-state index in [9.17, 15) is 0 Å². The lowest BCUT2D eigenvalue weighted by Gasteiger charge is -2.26. The first kappa shape index (κ1) is 12.9. The molecule has 1 unspecified atom stereocenters. The van der Waals surface area contributed by atoms with Gasteiger partial charge in [-0.05, 0) is 51.6 Å². The van der Waals surface area contributed by atoms with E-state index in [4.69, 9.17) is 10.8 Å². The minimum atomic E-state index is -0.347. The third kappa shape index (κ3) is 4.96. The summed E-state index contributed by atoms with van der Waals surface area (Å²) in [5, 5.41) is 9.17. The molecule has 0 aromatic heterocycles. The Morgan fingerprint density at radius 3 is 2.60 bits per heavy atom. The Balaban J connectivity index is 2.07. The van der Waals surface area contributed by atoms with Gasteiger partial charge in [-0.1, -0.05) is 6.92 Å². The molecule has 0 spiro atoms. The van der Waals surface area contributed by atoms with E-state index in [-0.39, 0.29) is 12.1 Å². The van der Waals surface area contributed by atoms with Crippen molar-refractivity contribution in [1.29, 1.82) is 0 Å². The summed E-state index contributed by atoms with van der Waals surface area (Å²) in [5.41, 5.74) is 5.68. The smallest absolute Gasteiger partial charge is 0.0611 e. The van der Waals surface area contributed by atoms with Crippen LogP contribution < -0.4 is 5.73 Å². The van der Waals surface area contributed by atoms with Crippen LogP contribution in [0.4, 0.5) is 0 Å². The van der Waals surface area contributed by atoms with Gasteiger partial charge in [0, 0.05) is 12.1 Å². The number of hydrogen-bond acceptors (Lipinski definition) is 3. The van der Waals surface area contributed by atoms with Gasteiger partial charge in [0.25, 0.3) is 0 Å². The molecule has 1 fully saturated rings. The largest absolute Gasteiger partial charge is 0.394 e. The fraction of sp³-hybridized carbons (Fsp3) is 1.00. The number of aliphatic hydroxyl groups is 1. The number of rotatable bonds is 8. The number of nitrogens with two attached hydrogens (primary N) is 1. The van der Waals surface area contributed by atoms with Crippen molar-refractivity contribution in [2.24, 2.45) is 11.7 Å². The monoisotopic (exact) mass is 214 g/mol. The lowest BCUT2D eigenvalue weighted by atomic mass is 9.92. The average Bonchev–Trinajstić information content (AvgIpc) is 3.01. The van der Waals surface area contributed by atoms with Gasteiger partial charge in [0.1, 0.15) is 0 Å². The van der Waals surface area contributed by atoms with Gasteiger partial charge in [-0.3, -0.25) is 0 Å². The molecule has 3 heteroatoms. The zero-order valence-electron chi connectivity index (χ0n) is 10.2. The zero-order valence-corrected chi connectivity index (χ0v) is 10.2. The van der Waals surface area contributed by atoms with Gasteiger partial charge in [-0.2, -0.15) is 0 Å². The van der Waals surface area contributed by atoms with Gasteiger partial charge in [0.15, 0.2) is 0 Å². The lowest BCUT2D eigenvalue weighted by molar-refractivity contribution is 0.174. The van der Waals surface area contributed by atoms with E-state index in [1.54, 1.807) is 0 Å². The second-order valence-electron chi connectivity index (χ2n) is 5.18. The highest BCUT2D eigenvalue weighted by Gasteiger charge is 2.24. The summed E-state index contributed by atoms with van der Waals surface area (Å²) >= 11 is 0. The molecule has 3 nitrogen and oxygen atoms in total. The maximum absolute atomic E-state index is 9.17.